The van der Waals surface area contributed by atoms with E-state index in [4.69, 9.17) is 15.5 Å². The number of ether oxygens (including phenoxy) is 1. The van der Waals surface area contributed by atoms with Crippen LogP contribution in [0, 0.1) is 0 Å². The maximum absolute atomic E-state index is 5.98. The fraction of sp³-hybridized carbons (Fsp3) is 0.267. The highest BCUT2D eigenvalue weighted by atomic mass is 32.2. The number of hydrogen-bond acceptors (Lipinski definition) is 5. The van der Waals surface area contributed by atoms with Gasteiger partial charge in [-0.15, -0.1) is 11.3 Å². The van der Waals surface area contributed by atoms with Crippen LogP contribution in [0.25, 0.3) is 4.96 Å². The molecule has 0 saturated carbocycles. The molecule has 4 nitrogen and oxygen atoms in total. The van der Waals surface area contributed by atoms with Crippen molar-refractivity contribution in [1.29, 1.82) is 0 Å². The molecule has 2 aromatic heterocycles. The Morgan fingerprint density at radius 1 is 1.48 bits per heavy atom. The van der Waals surface area contributed by atoms with E-state index in [0.29, 0.717) is 0 Å². The normalized spacial score (nSPS) is 12.7. The number of fused-ring (bicyclic) bond motifs is 1. The van der Waals surface area contributed by atoms with Crippen LogP contribution >= 0.6 is 23.1 Å². The molecular formula is C15H17N3OS2. The molecule has 0 aliphatic rings. The van der Waals surface area contributed by atoms with E-state index in [0.717, 1.165) is 27.1 Å². The topological polar surface area (TPSA) is 52.5 Å². The van der Waals surface area contributed by atoms with E-state index in [1.807, 2.05) is 30.5 Å². The fourth-order valence-corrected chi connectivity index (χ4v) is 3.93. The average Bonchev–Trinajstić information content (AvgIpc) is 3.02. The molecule has 0 amide bonds. The zero-order valence-corrected chi connectivity index (χ0v) is 13.6. The third-order valence-electron chi connectivity index (χ3n) is 3.10. The van der Waals surface area contributed by atoms with Crippen LogP contribution in [0.15, 0.2) is 45.8 Å². The Kier molecular flexibility index (Phi) is 4.19. The highest BCUT2D eigenvalue weighted by Crippen LogP contribution is 2.33. The Labute approximate surface area is 132 Å². The number of thiazole rings is 1. The van der Waals surface area contributed by atoms with E-state index in [-0.39, 0.29) is 6.04 Å². The predicted octanol–water partition coefficient (Wildman–Crippen LogP) is 3.45. The van der Waals surface area contributed by atoms with Gasteiger partial charge in [0.15, 0.2) is 4.96 Å². The Bertz CT molecular complexity index is 748. The molecule has 0 aliphatic carbocycles. The van der Waals surface area contributed by atoms with Crippen molar-refractivity contribution in [2.45, 2.75) is 29.3 Å². The SMILES string of the molecule is COc1cccc(Sc2nc3sccn3c2CC(C)N)c1. The Morgan fingerprint density at radius 3 is 3.10 bits per heavy atom. The quantitative estimate of drug-likeness (QED) is 0.782. The van der Waals surface area contributed by atoms with E-state index < -0.39 is 0 Å². The van der Waals surface area contributed by atoms with Gasteiger partial charge in [-0.25, -0.2) is 4.98 Å². The molecule has 0 spiro atoms. The molecule has 1 atom stereocenters. The van der Waals surface area contributed by atoms with Gasteiger partial charge in [0.05, 0.1) is 12.8 Å². The summed E-state index contributed by atoms with van der Waals surface area (Å²) in [5.41, 5.74) is 7.16. The number of rotatable bonds is 5. The predicted molar refractivity (Wildman–Crippen MR) is 87.5 cm³/mol. The smallest absolute Gasteiger partial charge is 0.194 e. The second-order valence-corrected chi connectivity index (χ2v) is 6.82. The number of benzene rings is 1. The molecule has 110 valence electrons. The van der Waals surface area contributed by atoms with Crippen molar-refractivity contribution in [2.75, 3.05) is 7.11 Å². The largest absolute Gasteiger partial charge is 0.497 e. The molecule has 1 aromatic carbocycles. The van der Waals surface area contributed by atoms with E-state index in [1.54, 1.807) is 30.2 Å². The van der Waals surface area contributed by atoms with Gasteiger partial charge < -0.3 is 10.5 Å². The van der Waals surface area contributed by atoms with Crippen LogP contribution in [0.5, 0.6) is 5.75 Å². The van der Waals surface area contributed by atoms with Crippen molar-refractivity contribution < 1.29 is 4.74 Å². The van der Waals surface area contributed by atoms with Gasteiger partial charge in [0.25, 0.3) is 0 Å². The molecule has 0 bridgehead atoms. The minimum atomic E-state index is 0.106. The molecule has 3 rings (SSSR count). The first kappa shape index (κ1) is 14.4. The standard InChI is InChI=1S/C15H17N3OS2/c1-10(16)8-13-14(17-15-18(13)6-7-20-15)21-12-5-3-4-11(9-12)19-2/h3-7,9-10H,8,16H2,1-2H3. The summed E-state index contributed by atoms with van der Waals surface area (Å²) in [4.78, 5) is 6.85. The van der Waals surface area contributed by atoms with Gasteiger partial charge in [0.1, 0.15) is 10.8 Å². The number of hydrogen-bond donors (Lipinski definition) is 1. The fourth-order valence-electron chi connectivity index (χ4n) is 2.16. The van der Waals surface area contributed by atoms with Gasteiger partial charge in [-0.1, -0.05) is 17.8 Å². The lowest BCUT2D eigenvalue weighted by Gasteiger charge is -2.07. The van der Waals surface area contributed by atoms with Crippen molar-refractivity contribution in [3.8, 4) is 5.75 Å². The molecule has 0 saturated heterocycles. The Balaban J connectivity index is 1.97. The first-order chi connectivity index (χ1) is 10.2. The van der Waals surface area contributed by atoms with Crippen LogP contribution in [0.3, 0.4) is 0 Å². The van der Waals surface area contributed by atoms with Crippen molar-refractivity contribution >= 4 is 28.1 Å². The highest BCUT2D eigenvalue weighted by Gasteiger charge is 2.15. The second kappa shape index (κ2) is 6.09. The zero-order chi connectivity index (χ0) is 14.8. The summed E-state index contributed by atoms with van der Waals surface area (Å²) in [7, 11) is 1.68. The summed E-state index contributed by atoms with van der Waals surface area (Å²) in [5.74, 6) is 0.856. The number of aromatic nitrogens is 2. The molecular weight excluding hydrogens is 302 g/mol. The van der Waals surface area contributed by atoms with E-state index in [2.05, 4.69) is 16.7 Å². The molecule has 0 fully saturated rings. The van der Waals surface area contributed by atoms with Crippen LogP contribution in [-0.4, -0.2) is 22.5 Å². The van der Waals surface area contributed by atoms with Crippen molar-refractivity contribution in [2.24, 2.45) is 5.73 Å². The molecule has 1 unspecified atom stereocenters. The van der Waals surface area contributed by atoms with Gasteiger partial charge in [0, 0.05) is 28.9 Å². The lowest BCUT2D eigenvalue weighted by atomic mass is 10.2. The monoisotopic (exact) mass is 319 g/mol. The molecule has 0 radical (unpaired) electrons. The summed E-state index contributed by atoms with van der Waals surface area (Å²) in [6, 6.07) is 8.13. The Hall–Kier alpha value is -1.50. The van der Waals surface area contributed by atoms with Gasteiger partial charge in [0.2, 0.25) is 0 Å². The number of nitrogens with zero attached hydrogens (tertiary/aromatic N) is 2. The van der Waals surface area contributed by atoms with Gasteiger partial charge >= 0.3 is 0 Å². The van der Waals surface area contributed by atoms with Crippen LogP contribution in [0.4, 0.5) is 0 Å². The van der Waals surface area contributed by atoms with Crippen molar-refractivity contribution in [3.63, 3.8) is 0 Å². The zero-order valence-electron chi connectivity index (χ0n) is 11.9. The molecule has 21 heavy (non-hydrogen) atoms. The van der Waals surface area contributed by atoms with E-state index in [9.17, 15) is 0 Å². The maximum atomic E-state index is 5.98. The lowest BCUT2D eigenvalue weighted by molar-refractivity contribution is 0.413. The number of imidazole rings is 1. The van der Waals surface area contributed by atoms with Gasteiger partial charge in [-0.2, -0.15) is 0 Å². The van der Waals surface area contributed by atoms with Gasteiger partial charge in [-0.05, 0) is 25.1 Å². The summed E-state index contributed by atoms with van der Waals surface area (Å²) in [6.45, 7) is 2.02. The Morgan fingerprint density at radius 2 is 2.33 bits per heavy atom. The minimum Gasteiger partial charge on any atom is -0.497 e. The van der Waals surface area contributed by atoms with E-state index in [1.165, 1.54) is 5.69 Å². The molecule has 2 heterocycles. The van der Waals surface area contributed by atoms with Crippen molar-refractivity contribution in [3.05, 3.63) is 41.5 Å². The minimum absolute atomic E-state index is 0.106. The number of nitrogens with two attached hydrogens (primary N) is 1. The summed E-state index contributed by atoms with van der Waals surface area (Å²) >= 11 is 3.30. The first-order valence-corrected chi connectivity index (χ1v) is 8.39. The molecule has 0 aliphatic heterocycles. The molecule has 3 aromatic rings. The average molecular weight is 319 g/mol. The highest BCUT2D eigenvalue weighted by molar-refractivity contribution is 7.99. The maximum Gasteiger partial charge on any atom is 0.194 e. The van der Waals surface area contributed by atoms with Crippen molar-refractivity contribution in [1.82, 2.24) is 9.38 Å². The van der Waals surface area contributed by atoms with E-state index >= 15 is 0 Å². The van der Waals surface area contributed by atoms with Crippen LogP contribution in [0.1, 0.15) is 12.6 Å². The van der Waals surface area contributed by atoms with Crippen LogP contribution < -0.4 is 10.5 Å². The summed E-state index contributed by atoms with van der Waals surface area (Å²) < 4.78 is 7.41. The van der Waals surface area contributed by atoms with Crippen LogP contribution in [-0.2, 0) is 6.42 Å². The van der Waals surface area contributed by atoms with Crippen LogP contribution in [0.2, 0.25) is 0 Å². The summed E-state index contributed by atoms with van der Waals surface area (Å²) in [6.07, 6.45) is 2.87. The third kappa shape index (κ3) is 3.07. The number of methoxy groups -OCH3 is 1. The summed E-state index contributed by atoms with van der Waals surface area (Å²) in [5, 5.41) is 3.07. The second-order valence-electron chi connectivity index (χ2n) is 4.88. The molecule has 2 N–H and O–H groups in total. The third-order valence-corrected chi connectivity index (χ3v) is 4.86. The van der Waals surface area contributed by atoms with Gasteiger partial charge in [-0.3, -0.25) is 4.40 Å². The lowest BCUT2D eigenvalue weighted by Crippen LogP contribution is -2.19. The molecule has 6 heteroatoms. The first-order valence-electron chi connectivity index (χ1n) is 6.69.